The van der Waals surface area contributed by atoms with Gasteiger partial charge in [-0.05, 0) is 13.0 Å². The molecule has 2 unspecified atom stereocenters. The molecule has 3 aliphatic rings. The van der Waals surface area contributed by atoms with E-state index in [0.29, 0.717) is 4.90 Å². The Bertz CT molecular complexity index is 1800. The van der Waals surface area contributed by atoms with Crippen LogP contribution in [0.25, 0.3) is 0 Å². The minimum Gasteiger partial charge on any atom is -0.477 e. The Morgan fingerprint density at radius 3 is 2.17 bits per heavy atom. The summed E-state index contributed by atoms with van der Waals surface area (Å²) in [6.45, 7) is 4.50. The molecule has 7 amide bonds. The summed E-state index contributed by atoms with van der Waals surface area (Å²) < 4.78 is 15.5. The van der Waals surface area contributed by atoms with Crippen LogP contribution < -0.4 is 25.4 Å². The zero-order chi connectivity index (χ0) is 38.6. The Kier molecular flexibility index (Phi) is 12.1. The molecule has 1 aromatic rings. The van der Waals surface area contributed by atoms with Crippen molar-refractivity contribution >= 4 is 83.3 Å². The van der Waals surface area contributed by atoms with E-state index in [0.717, 1.165) is 49.6 Å². The number of halogens is 1. The Morgan fingerprint density at radius 1 is 0.981 bits per heavy atom. The molecule has 0 bridgehead atoms. The van der Waals surface area contributed by atoms with Crippen molar-refractivity contribution in [2.45, 2.75) is 51.4 Å². The van der Waals surface area contributed by atoms with E-state index in [4.69, 9.17) is 25.8 Å². The Balaban J connectivity index is 1.79. The van der Waals surface area contributed by atoms with Gasteiger partial charge in [-0.3, -0.25) is 48.2 Å². The minimum atomic E-state index is -1.98. The Morgan fingerprint density at radius 2 is 1.62 bits per heavy atom. The summed E-state index contributed by atoms with van der Waals surface area (Å²) in [5, 5.41) is 15.8. The number of ether oxygens (including phenoxy) is 3. The standard InChI is InChI=1S/C30H31ClN6O14S/c1-5-35-6-7-36(27(45)26(35)44)30(48)33-20(15-8-18(49-12(2)39)19(9-17(15)31)50-13(3)40)23(42)34-24(51-14(4)41)16-10-52-28-21(32-11-38)25(43)37(28)22(16)29(46)47/h8-9,11,20-21,24,28H,5-7,10H2,1-4H3,(H,32,38)(H,33,48)(H,34,42)(H,46,47)/t20?,21-,24?,28+/m0/s1. The molecular weight excluding hydrogens is 736 g/mol. The van der Waals surface area contributed by atoms with E-state index >= 15 is 0 Å². The second-order valence-electron chi connectivity index (χ2n) is 11.1. The average Bonchev–Trinajstić information content (AvgIpc) is 3.06. The number of piperazine rings is 1. The molecule has 0 radical (unpaired) electrons. The zero-order valence-corrected chi connectivity index (χ0v) is 29.3. The third kappa shape index (κ3) is 8.09. The number of esters is 3. The number of likely N-dealkylation sites (N-methyl/N-ethyl adjacent to an activating group) is 1. The fourth-order valence-corrected chi connectivity index (χ4v) is 7.05. The predicted octanol–water partition coefficient (Wildman–Crippen LogP) is -0.994. The van der Waals surface area contributed by atoms with Crippen molar-refractivity contribution in [2.75, 3.05) is 25.4 Å². The number of nitrogens with one attached hydrogen (secondary N) is 3. The maximum Gasteiger partial charge on any atom is 0.352 e. The monoisotopic (exact) mass is 766 g/mol. The molecule has 2 fully saturated rings. The molecule has 0 aliphatic carbocycles. The van der Waals surface area contributed by atoms with Crippen LogP contribution >= 0.6 is 23.4 Å². The zero-order valence-electron chi connectivity index (χ0n) is 27.8. The van der Waals surface area contributed by atoms with Crippen LogP contribution in [-0.4, -0.2) is 123 Å². The van der Waals surface area contributed by atoms with E-state index in [1.54, 1.807) is 6.92 Å². The molecular formula is C30H31ClN6O14S. The normalized spacial score (nSPS) is 19.4. The fourth-order valence-electron chi connectivity index (χ4n) is 5.40. The summed E-state index contributed by atoms with van der Waals surface area (Å²) >= 11 is 7.49. The van der Waals surface area contributed by atoms with Gasteiger partial charge in [-0.2, -0.15) is 0 Å². The van der Waals surface area contributed by atoms with Crippen molar-refractivity contribution in [1.82, 2.24) is 30.7 Å². The van der Waals surface area contributed by atoms with Crippen LogP contribution in [0.4, 0.5) is 4.79 Å². The Hall–Kier alpha value is -5.70. The number of carbonyl (C=O) groups is 10. The van der Waals surface area contributed by atoms with Crippen LogP contribution in [0.1, 0.15) is 39.3 Å². The summed E-state index contributed by atoms with van der Waals surface area (Å²) in [5.41, 5.74) is -1.25. The maximum atomic E-state index is 14.2. The fraction of sp³-hybridized carbons (Fsp3) is 0.400. The summed E-state index contributed by atoms with van der Waals surface area (Å²) in [7, 11) is 0. The number of benzene rings is 1. The number of aliphatic carboxylic acids is 1. The molecule has 2 saturated heterocycles. The largest absolute Gasteiger partial charge is 0.477 e. The second kappa shape index (κ2) is 16.1. The lowest BCUT2D eigenvalue weighted by molar-refractivity contribution is -0.153. The number of nitrogens with zero attached hydrogens (tertiary/aromatic N) is 3. The number of hydrogen-bond acceptors (Lipinski definition) is 14. The summed E-state index contributed by atoms with van der Waals surface area (Å²) in [6.07, 6.45) is -1.61. The van der Waals surface area contributed by atoms with E-state index in [-0.39, 0.29) is 53.7 Å². The summed E-state index contributed by atoms with van der Waals surface area (Å²) in [5.74, 6) is -9.68. The lowest BCUT2D eigenvalue weighted by Gasteiger charge is -2.49. The highest BCUT2D eigenvalue weighted by Crippen LogP contribution is 2.42. The molecule has 278 valence electrons. The summed E-state index contributed by atoms with van der Waals surface area (Å²) in [6, 6.07) is -2.32. The molecule has 0 spiro atoms. The van der Waals surface area contributed by atoms with E-state index in [9.17, 15) is 53.1 Å². The maximum absolute atomic E-state index is 14.2. The molecule has 1 aromatic carbocycles. The molecule has 0 aromatic heterocycles. The number of hydrogen-bond donors (Lipinski definition) is 4. The number of carboxylic acid groups (broad SMARTS) is 1. The van der Waals surface area contributed by atoms with Gasteiger partial charge in [-0.1, -0.05) is 11.6 Å². The second-order valence-corrected chi connectivity index (χ2v) is 12.6. The smallest absolute Gasteiger partial charge is 0.352 e. The molecule has 0 saturated carbocycles. The quantitative estimate of drug-likeness (QED) is 0.0497. The van der Waals surface area contributed by atoms with Gasteiger partial charge >= 0.3 is 41.7 Å². The van der Waals surface area contributed by atoms with Crippen molar-refractivity contribution in [3.8, 4) is 11.5 Å². The molecule has 22 heteroatoms. The van der Waals surface area contributed by atoms with Crippen molar-refractivity contribution < 1.29 is 67.3 Å². The third-order valence-corrected chi connectivity index (χ3v) is 9.30. The van der Waals surface area contributed by atoms with Crippen molar-refractivity contribution in [1.29, 1.82) is 0 Å². The molecule has 52 heavy (non-hydrogen) atoms. The van der Waals surface area contributed by atoms with E-state index in [1.165, 1.54) is 4.90 Å². The van der Waals surface area contributed by atoms with Crippen LogP contribution in [0.3, 0.4) is 0 Å². The predicted molar refractivity (Wildman–Crippen MR) is 174 cm³/mol. The van der Waals surface area contributed by atoms with Gasteiger partial charge in [-0.25, -0.2) is 9.59 Å². The van der Waals surface area contributed by atoms with Gasteiger partial charge < -0.3 is 40.2 Å². The highest BCUT2D eigenvalue weighted by atomic mass is 35.5. The average molecular weight is 767 g/mol. The van der Waals surface area contributed by atoms with Crippen molar-refractivity contribution in [3.63, 3.8) is 0 Å². The first-order chi connectivity index (χ1) is 24.5. The summed E-state index contributed by atoms with van der Waals surface area (Å²) in [4.78, 5) is 128. The number of imide groups is 1. The van der Waals surface area contributed by atoms with Gasteiger partial charge in [-0.15, -0.1) is 11.8 Å². The van der Waals surface area contributed by atoms with Crippen LogP contribution in [0.5, 0.6) is 11.5 Å². The van der Waals surface area contributed by atoms with E-state index in [1.807, 2.05) is 0 Å². The van der Waals surface area contributed by atoms with E-state index < -0.39 is 88.7 Å². The Labute approximate surface area is 303 Å². The van der Waals surface area contributed by atoms with Crippen LogP contribution in [0, 0.1) is 0 Å². The third-order valence-electron chi connectivity index (χ3n) is 7.67. The van der Waals surface area contributed by atoms with E-state index in [2.05, 4.69) is 16.0 Å². The highest BCUT2D eigenvalue weighted by molar-refractivity contribution is 8.00. The molecule has 3 heterocycles. The molecule has 3 aliphatic heterocycles. The first-order valence-corrected chi connectivity index (χ1v) is 16.6. The number of thioether (sulfide) groups is 1. The van der Waals surface area contributed by atoms with Gasteiger partial charge in [0, 0.05) is 63.4 Å². The molecule has 4 atom stereocenters. The van der Waals surface area contributed by atoms with Crippen LogP contribution in [0.15, 0.2) is 23.4 Å². The van der Waals surface area contributed by atoms with Gasteiger partial charge in [0.2, 0.25) is 18.5 Å². The van der Waals surface area contributed by atoms with Gasteiger partial charge in [0.05, 0.1) is 5.02 Å². The number of carboxylic acids is 1. The lowest BCUT2D eigenvalue weighted by atomic mass is 10.0. The number of carbonyl (C=O) groups excluding carboxylic acids is 9. The lowest BCUT2D eigenvalue weighted by Crippen LogP contribution is -2.70. The van der Waals surface area contributed by atoms with Crippen molar-refractivity contribution in [3.05, 3.63) is 34.0 Å². The SMILES string of the molecule is CCN1CCN(C(=O)NC(C(=O)NC(OC(C)=O)C2=C(C(=O)O)N3C(=O)[C@H](NC=O)[C@H]3SC2)c2cc(OC(C)=O)c(OC(C)=O)cc2Cl)C(=O)C1=O. The number of urea groups is 1. The first-order valence-electron chi connectivity index (χ1n) is 15.2. The van der Waals surface area contributed by atoms with Crippen LogP contribution in [0.2, 0.25) is 5.02 Å². The number of fused-ring (bicyclic) bond motifs is 1. The number of amides is 7. The van der Waals surface area contributed by atoms with Gasteiger partial charge in [0.25, 0.3) is 5.91 Å². The molecule has 4 rings (SSSR count). The van der Waals surface area contributed by atoms with Gasteiger partial charge in [0.1, 0.15) is 23.2 Å². The highest BCUT2D eigenvalue weighted by Gasteiger charge is 2.54. The molecule has 4 N–H and O–H groups in total. The molecule has 20 nitrogen and oxygen atoms in total. The van der Waals surface area contributed by atoms with Gasteiger partial charge in [0.15, 0.2) is 11.5 Å². The minimum absolute atomic E-state index is 0.0302. The first kappa shape index (κ1) is 39.1. The topological polar surface area (TPSA) is 264 Å². The number of β-lactam (4-membered cyclic amide) rings is 1. The number of rotatable bonds is 12. The van der Waals surface area contributed by atoms with Crippen LogP contribution in [-0.2, 0) is 47.9 Å². The van der Waals surface area contributed by atoms with Crippen molar-refractivity contribution in [2.24, 2.45) is 0 Å².